The SMILES string of the molecule is Cc1nnc(C(C)C)n1C1C[C@H]2CC[C@H](C1)N2CCCN(C(=O)NC(C)C)c1ccccc1. The molecule has 4 rings (SSSR count). The molecule has 0 saturated carbocycles. The van der Waals surface area contributed by atoms with Gasteiger partial charge in [0.2, 0.25) is 0 Å². The summed E-state index contributed by atoms with van der Waals surface area (Å²) in [6, 6.07) is 11.9. The predicted octanol–water partition coefficient (Wildman–Crippen LogP) is 4.89. The maximum atomic E-state index is 12.9. The van der Waals surface area contributed by atoms with Crippen LogP contribution >= 0.6 is 0 Å². The van der Waals surface area contributed by atoms with Gasteiger partial charge in [0.05, 0.1) is 0 Å². The van der Waals surface area contributed by atoms with Crippen LogP contribution in [0.2, 0.25) is 0 Å². The van der Waals surface area contributed by atoms with Crippen LogP contribution in [0.5, 0.6) is 0 Å². The number of aromatic nitrogens is 3. The molecule has 1 aromatic carbocycles. The molecule has 0 spiro atoms. The maximum absolute atomic E-state index is 12.9. The molecular weight excluding hydrogens is 412 g/mol. The van der Waals surface area contributed by atoms with E-state index in [-0.39, 0.29) is 12.1 Å². The highest BCUT2D eigenvalue weighted by molar-refractivity contribution is 5.92. The molecule has 2 aliphatic heterocycles. The Labute approximate surface area is 198 Å². The van der Waals surface area contributed by atoms with Gasteiger partial charge in [-0.25, -0.2) is 4.79 Å². The Morgan fingerprint density at radius 2 is 1.73 bits per heavy atom. The third kappa shape index (κ3) is 5.24. The summed E-state index contributed by atoms with van der Waals surface area (Å²) < 4.78 is 2.42. The molecule has 2 fully saturated rings. The van der Waals surface area contributed by atoms with Crippen LogP contribution in [0.15, 0.2) is 30.3 Å². The van der Waals surface area contributed by atoms with Gasteiger partial charge in [-0.2, -0.15) is 0 Å². The highest BCUT2D eigenvalue weighted by atomic mass is 16.2. The Hall–Kier alpha value is -2.41. The number of benzene rings is 1. The lowest BCUT2D eigenvalue weighted by atomic mass is 9.96. The molecule has 0 aliphatic carbocycles. The lowest BCUT2D eigenvalue weighted by Crippen LogP contribution is -2.46. The molecule has 2 bridgehead atoms. The summed E-state index contributed by atoms with van der Waals surface area (Å²) in [5.41, 5.74) is 0.960. The van der Waals surface area contributed by atoms with Crippen LogP contribution in [0.3, 0.4) is 0 Å². The van der Waals surface area contributed by atoms with Crippen LogP contribution in [-0.2, 0) is 0 Å². The van der Waals surface area contributed by atoms with Crippen LogP contribution in [-0.4, -0.2) is 56.9 Å². The highest BCUT2D eigenvalue weighted by Crippen LogP contribution is 2.42. The largest absolute Gasteiger partial charge is 0.336 e. The molecule has 2 atom stereocenters. The van der Waals surface area contributed by atoms with E-state index in [1.165, 1.54) is 25.7 Å². The Morgan fingerprint density at radius 1 is 1.06 bits per heavy atom. The van der Waals surface area contributed by atoms with Crippen LogP contribution in [0.4, 0.5) is 10.5 Å². The van der Waals surface area contributed by atoms with Crippen LogP contribution < -0.4 is 10.2 Å². The minimum atomic E-state index is -0.0119. The third-order valence-electron chi connectivity index (χ3n) is 7.16. The summed E-state index contributed by atoms with van der Waals surface area (Å²) in [4.78, 5) is 17.5. The number of nitrogens with one attached hydrogen (secondary N) is 1. The highest BCUT2D eigenvalue weighted by Gasteiger charge is 2.41. The summed E-state index contributed by atoms with van der Waals surface area (Å²) in [5.74, 6) is 2.56. The Bertz CT molecular complexity index is 910. The van der Waals surface area contributed by atoms with Gasteiger partial charge in [-0.3, -0.25) is 9.80 Å². The number of para-hydroxylation sites is 1. The second-order valence-corrected chi connectivity index (χ2v) is 10.3. The molecule has 7 heteroatoms. The number of hydrogen-bond donors (Lipinski definition) is 1. The van der Waals surface area contributed by atoms with Crippen LogP contribution in [0.25, 0.3) is 0 Å². The number of nitrogens with zero attached hydrogens (tertiary/aromatic N) is 5. The van der Waals surface area contributed by atoms with Crippen LogP contribution in [0, 0.1) is 6.92 Å². The van der Waals surface area contributed by atoms with Crippen molar-refractivity contribution < 1.29 is 4.79 Å². The number of anilines is 1. The number of fused-ring (bicyclic) bond motifs is 2. The zero-order chi connectivity index (χ0) is 23.5. The van der Waals surface area contributed by atoms with Gasteiger partial charge in [-0.15, -0.1) is 10.2 Å². The molecule has 2 amide bonds. The number of hydrogen-bond acceptors (Lipinski definition) is 4. The molecule has 7 nitrogen and oxygen atoms in total. The van der Waals surface area contributed by atoms with E-state index in [4.69, 9.17) is 0 Å². The molecular formula is C26H40N6O. The molecule has 0 unspecified atom stereocenters. The molecule has 33 heavy (non-hydrogen) atoms. The Morgan fingerprint density at radius 3 is 2.33 bits per heavy atom. The van der Waals surface area contributed by atoms with Crippen molar-refractivity contribution in [1.29, 1.82) is 0 Å². The van der Waals surface area contributed by atoms with E-state index in [0.29, 0.717) is 24.0 Å². The lowest BCUT2D eigenvalue weighted by Gasteiger charge is -2.40. The third-order valence-corrected chi connectivity index (χ3v) is 7.16. The van der Waals surface area contributed by atoms with E-state index in [1.807, 2.05) is 49.1 Å². The summed E-state index contributed by atoms with van der Waals surface area (Å²) in [6.45, 7) is 12.3. The molecule has 2 aliphatic rings. The predicted molar refractivity (Wildman–Crippen MR) is 133 cm³/mol. The second-order valence-electron chi connectivity index (χ2n) is 10.3. The number of urea groups is 1. The molecule has 1 aromatic heterocycles. The maximum Gasteiger partial charge on any atom is 0.322 e. The summed E-state index contributed by atoms with van der Waals surface area (Å²) in [5, 5.41) is 11.9. The summed E-state index contributed by atoms with van der Waals surface area (Å²) in [6.07, 6.45) is 5.86. The topological polar surface area (TPSA) is 66.3 Å². The van der Waals surface area contributed by atoms with Crippen molar-refractivity contribution in [3.05, 3.63) is 42.0 Å². The van der Waals surface area contributed by atoms with Crippen molar-refractivity contribution in [2.24, 2.45) is 0 Å². The first-order chi connectivity index (χ1) is 15.8. The van der Waals surface area contributed by atoms with E-state index in [2.05, 4.69) is 45.8 Å². The number of carbonyl (C=O) groups is 1. The Kier molecular flexibility index (Phi) is 7.37. The quantitative estimate of drug-likeness (QED) is 0.619. The molecule has 3 heterocycles. The summed E-state index contributed by atoms with van der Waals surface area (Å²) in [7, 11) is 0. The van der Waals surface area contributed by atoms with Gasteiger partial charge in [-0.05, 0) is 65.0 Å². The fourth-order valence-electron chi connectivity index (χ4n) is 5.74. The lowest BCUT2D eigenvalue weighted by molar-refractivity contribution is 0.104. The molecule has 2 saturated heterocycles. The molecule has 1 N–H and O–H groups in total. The van der Waals surface area contributed by atoms with Crippen molar-refractivity contribution in [1.82, 2.24) is 25.0 Å². The molecule has 180 valence electrons. The smallest absolute Gasteiger partial charge is 0.322 e. The van der Waals surface area contributed by atoms with Crippen LogP contribution in [0.1, 0.15) is 83.4 Å². The number of piperidine rings is 1. The molecule has 2 aromatic rings. The minimum Gasteiger partial charge on any atom is -0.336 e. The second kappa shape index (κ2) is 10.2. The van der Waals surface area contributed by atoms with Crippen molar-refractivity contribution in [3.63, 3.8) is 0 Å². The van der Waals surface area contributed by atoms with Gasteiger partial charge in [-0.1, -0.05) is 32.0 Å². The number of amides is 2. The van der Waals surface area contributed by atoms with Gasteiger partial charge in [0.1, 0.15) is 11.6 Å². The van der Waals surface area contributed by atoms with Crippen molar-refractivity contribution in [2.45, 2.75) is 96.8 Å². The number of carbonyl (C=O) groups excluding carboxylic acids is 1. The van der Waals surface area contributed by atoms with Gasteiger partial charge < -0.3 is 9.88 Å². The van der Waals surface area contributed by atoms with Gasteiger partial charge in [0.25, 0.3) is 0 Å². The zero-order valence-electron chi connectivity index (χ0n) is 20.9. The van der Waals surface area contributed by atoms with E-state index < -0.39 is 0 Å². The van der Waals surface area contributed by atoms with Gasteiger partial charge in [0, 0.05) is 48.9 Å². The average Bonchev–Trinajstić information content (AvgIpc) is 3.27. The number of aryl methyl sites for hydroxylation is 1. The fourth-order valence-corrected chi connectivity index (χ4v) is 5.74. The molecule has 0 radical (unpaired) electrons. The fraction of sp³-hybridized carbons (Fsp3) is 0.654. The van der Waals surface area contributed by atoms with Crippen molar-refractivity contribution in [2.75, 3.05) is 18.0 Å². The minimum absolute atomic E-state index is 0.0119. The van der Waals surface area contributed by atoms with E-state index in [1.54, 1.807) is 0 Å². The van der Waals surface area contributed by atoms with E-state index in [9.17, 15) is 4.79 Å². The standard InChI is InChI=1S/C26H40N6O/c1-18(2)25-29-28-20(5)32(25)24-16-22-12-13-23(17-24)30(22)14-9-15-31(26(33)27-19(3)4)21-10-7-6-8-11-21/h6-8,10-11,18-19,22-24H,9,12-17H2,1-5H3,(H,27,33)/t22-,23-/m1/s1. The average molecular weight is 453 g/mol. The van der Waals surface area contributed by atoms with E-state index >= 15 is 0 Å². The zero-order valence-corrected chi connectivity index (χ0v) is 20.9. The van der Waals surface area contributed by atoms with Crippen molar-refractivity contribution in [3.8, 4) is 0 Å². The normalized spacial score (nSPS) is 22.8. The van der Waals surface area contributed by atoms with Gasteiger partial charge in [0.15, 0.2) is 0 Å². The number of rotatable bonds is 8. The Balaban J connectivity index is 1.39. The van der Waals surface area contributed by atoms with Gasteiger partial charge >= 0.3 is 6.03 Å². The first-order valence-corrected chi connectivity index (χ1v) is 12.6. The first kappa shape index (κ1) is 23.7. The van der Waals surface area contributed by atoms with E-state index in [0.717, 1.165) is 36.8 Å². The summed E-state index contributed by atoms with van der Waals surface area (Å²) >= 11 is 0. The van der Waals surface area contributed by atoms with Crippen molar-refractivity contribution >= 4 is 11.7 Å². The monoisotopic (exact) mass is 452 g/mol. The first-order valence-electron chi connectivity index (χ1n) is 12.6.